The Morgan fingerprint density at radius 1 is 1.11 bits per heavy atom. The van der Waals surface area contributed by atoms with Gasteiger partial charge in [-0.2, -0.15) is 0 Å². The molecule has 0 saturated heterocycles. The van der Waals surface area contributed by atoms with Gasteiger partial charge in [0.25, 0.3) is 0 Å². The molecular weight excluding hydrogens is 403 g/mol. The maximum Gasteiger partial charge on any atom is 0.106 e. The largest absolute Gasteiger partial charge is 0.377 e. The molecule has 1 aromatic carbocycles. The molecule has 0 fully saturated rings. The monoisotopic (exact) mass is 408 g/mol. The van der Waals surface area contributed by atoms with Crippen LogP contribution in [-0.4, -0.2) is 4.98 Å². The minimum atomic E-state index is 0.556. The third-order valence-electron chi connectivity index (χ3n) is 2.23. The van der Waals surface area contributed by atoms with Gasteiger partial charge in [0.05, 0.1) is 28.0 Å². The van der Waals surface area contributed by atoms with Gasteiger partial charge in [0, 0.05) is 4.47 Å². The molecular formula is C12H8Br2Cl2N2. The predicted octanol–water partition coefficient (Wildman–Crippen LogP) is 5.53. The number of hydrogen-bond donors (Lipinski definition) is 1. The van der Waals surface area contributed by atoms with Gasteiger partial charge in [-0.25, -0.2) is 4.98 Å². The Hall–Kier alpha value is -0.290. The number of benzene rings is 1. The first-order chi connectivity index (χ1) is 8.56. The highest BCUT2D eigenvalue weighted by Gasteiger charge is 2.07. The fraction of sp³-hybridized carbons (Fsp3) is 0.0833. The van der Waals surface area contributed by atoms with Crippen LogP contribution < -0.4 is 5.32 Å². The van der Waals surface area contributed by atoms with Crippen LogP contribution >= 0.6 is 55.1 Å². The third kappa shape index (κ3) is 3.60. The van der Waals surface area contributed by atoms with Crippen LogP contribution in [0.4, 0.5) is 5.69 Å². The van der Waals surface area contributed by atoms with Gasteiger partial charge in [-0.3, -0.25) is 0 Å². The van der Waals surface area contributed by atoms with Gasteiger partial charge >= 0.3 is 0 Å². The van der Waals surface area contributed by atoms with Gasteiger partial charge in [-0.05, 0) is 40.2 Å². The summed E-state index contributed by atoms with van der Waals surface area (Å²) in [6.07, 6.45) is 0. The first-order valence-corrected chi connectivity index (χ1v) is 7.40. The quantitative estimate of drug-likeness (QED) is 0.673. The normalized spacial score (nSPS) is 10.4. The molecule has 1 heterocycles. The Bertz CT molecular complexity index is 553. The topological polar surface area (TPSA) is 24.9 Å². The minimum absolute atomic E-state index is 0.556. The van der Waals surface area contributed by atoms with E-state index in [9.17, 15) is 0 Å². The van der Waals surface area contributed by atoms with Crippen molar-refractivity contribution in [3.8, 4) is 0 Å². The second kappa shape index (κ2) is 6.24. The molecule has 0 saturated carbocycles. The second-order valence-electron chi connectivity index (χ2n) is 3.55. The fourth-order valence-electron chi connectivity index (χ4n) is 1.44. The standard InChI is InChI=1S/C12H8Br2Cl2N2/c13-7-4-9(15)12(10(16)5-7)17-6-8-2-1-3-11(14)18-8/h1-5,17H,6H2. The molecule has 0 unspecified atom stereocenters. The molecule has 0 aliphatic rings. The van der Waals surface area contributed by atoms with E-state index >= 15 is 0 Å². The molecule has 2 aromatic rings. The molecule has 6 heteroatoms. The van der Waals surface area contributed by atoms with Crippen LogP contribution in [0.3, 0.4) is 0 Å². The number of nitrogens with zero attached hydrogens (tertiary/aromatic N) is 1. The lowest BCUT2D eigenvalue weighted by molar-refractivity contribution is 1.03. The summed E-state index contributed by atoms with van der Waals surface area (Å²) >= 11 is 18.9. The summed E-state index contributed by atoms with van der Waals surface area (Å²) < 4.78 is 1.65. The number of aromatic nitrogens is 1. The highest BCUT2D eigenvalue weighted by atomic mass is 79.9. The summed E-state index contributed by atoms with van der Waals surface area (Å²) in [6.45, 7) is 0.556. The van der Waals surface area contributed by atoms with Crippen molar-refractivity contribution in [2.75, 3.05) is 5.32 Å². The average molecular weight is 411 g/mol. The molecule has 0 spiro atoms. The van der Waals surface area contributed by atoms with Crippen molar-refractivity contribution in [2.24, 2.45) is 0 Å². The summed E-state index contributed by atoms with van der Waals surface area (Å²) in [5, 5.41) is 4.33. The van der Waals surface area contributed by atoms with E-state index in [0.29, 0.717) is 22.3 Å². The predicted molar refractivity (Wildman–Crippen MR) is 83.4 cm³/mol. The fourth-order valence-corrected chi connectivity index (χ4v) is 3.16. The lowest BCUT2D eigenvalue weighted by Gasteiger charge is -2.10. The Morgan fingerprint density at radius 3 is 2.39 bits per heavy atom. The summed E-state index contributed by atoms with van der Waals surface area (Å²) in [7, 11) is 0. The molecule has 0 aliphatic carbocycles. The number of anilines is 1. The van der Waals surface area contributed by atoms with Crippen LogP contribution in [0.5, 0.6) is 0 Å². The van der Waals surface area contributed by atoms with Gasteiger partial charge in [0.1, 0.15) is 4.60 Å². The summed E-state index contributed by atoms with van der Waals surface area (Å²) in [4.78, 5) is 4.32. The second-order valence-corrected chi connectivity index (χ2v) is 6.09. The zero-order chi connectivity index (χ0) is 13.1. The van der Waals surface area contributed by atoms with E-state index in [1.54, 1.807) is 12.1 Å². The molecule has 1 aromatic heterocycles. The molecule has 18 heavy (non-hydrogen) atoms. The first kappa shape index (κ1) is 14.1. The summed E-state index contributed by atoms with van der Waals surface area (Å²) in [5.74, 6) is 0. The number of hydrogen-bond acceptors (Lipinski definition) is 2. The minimum Gasteiger partial charge on any atom is -0.377 e. The Morgan fingerprint density at radius 2 is 1.78 bits per heavy atom. The number of nitrogens with one attached hydrogen (secondary N) is 1. The highest BCUT2D eigenvalue weighted by Crippen LogP contribution is 2.34. The zero-order valence-corrected chi connectivity index (χ0v) is 13.7. The maximum atomic E-state index is 6.13. The van der Waals surface area contributed by atoms with E-state index in [1.165, 1.54) is 0 Å². The van der Waals surface area contributed by atoms with Crippen molar-refractivity contribution >= 4 is 60.7 Å². The Labute approximate surface area is 132 Å². The van der Waals surface area contributed by atoms with E-state index in [1.807, 2.05) is 18.2 Å². The lowest BCUT2D eigenvalue weighted by Crippen LogP contribution is -2.02. The SMILES string of the molecule is Clc1cc(Br)cc(Cl)c1NCc1cccc(Br)n1. The van der Waals surface area contributed by atoms with Crippen molar-refractivity contribution < 1.29 is 0 Å². The van der Waals surface area contributed by atoms with Crippen LogP contribution in [0.2, 0.25) is 10.0 Å². The first-order valence-electron chi connectivity index (χ1n) is 5.06. The van der Waals surface area contributed by atoms with E-state index in [2.05, 4.69) is 42.2 Å². The van der Waals surface area contributed by atoms with Crippen LogP contribution in [0.15, 0.2) is 39.4 Å². The zero-order valence-electron chi connectivity index (χ0n) is 9.05. The molecule has 1 N–H and O–H groups in total. The van der Waals surface area contributed by atoms with Gasteiger partial charge in [-0.1, -0.05) is 45.2 Å². The van der Waals surface area contributed by atoms with Crippen molar-refractivity contribution in [2.45, 2.75) is 6.54 Å². The van der Waals surface area contributed by atoms with Gasteiger partial charge in [0.15, 0.2) is 0 Å². The number of pyridine rings is 1. The summed E-state index contributed by atoms with van der Waals surface area (Å²) in [5.41, 5.74) is 1.61. The molecule has 0 bridgehead atoms. The van der Waals surface area contributed by atoms with Crippen LogP contribution in [0, 0.1) is 0 Å². The van der Waals surface area contributed by atoms with E-state index in [4.69, 9.17) is 23.2 Å². The van der Waals surface area contributed by atoms with E-state index in [-0.39, 0.29) is 0 Å². The lowest BCUT2D eigenvalue weighted by atomic mass is 10.3. The number of rotatable bonds is 3. The summed E-state index contributed by atoms with van der Waals surface area (Å²) in [6, 6.07) is 9.33. The van der Waals surface area contributed by atoms with Gasteiger partial charge < -0.3 is 5.32 Å². The van der Waals surface area contributed by atoms with Crippen LogP contribution in [-0.2, 0) is 6.54 Å². The number of halogens is 4. The van der Waals surface area contributed by atoms with Crippen molar-refractivity contribution in [1.82, 2.24) is 4.98 Å². The third-order valence-corrected chi connectivity index (χ3v) is 3.72. The molecule has 0 atom stereocenters. The molecule has 0 aliphatic heterocycles. The van der Waals surface area contributed by atoms with E-state index in [0.717, 1.165) is 14.8 Å². The van der Waals surface area contributed by atoms with Crippen LogP contribution in [0.1, 0.15) is 5.69 Å². The van der Waals surface area contributed by atoms with Gasteiger partial charge in [0.2, 0.25) is 0 Å². The molecule has 0 amide bonds. The Kier molecular flexibility index (Phi) is 4.90. The van der Waals surface area contributed by atoms with Gasteiger partial charge in [-0.15, -0.1) is 0 Å². The van der Waals surface area contributed by atoms with Crippen molar-refractivity contribution in [1.29, 1.82) is 0 Å². The molecule has 0 radical (unpaired) electrons. The van der Waals surface area contributed by atoms with Crippen molar-refractivity contribution in [3.63, 3.8) is 0 Å². The highest BCUT2D eigenvalue weighted by molar-refractivity contribution is 9.10. The smallest absolute Gasteiger partial charge is 0.106 e. The molecule has 2 nitrogen and oxygen atoms in total. The molecule has 94 valence electrons. The van der Waals surface area contributed by atoms with Crippen LogP contribution in [0.25, 0.3) is 0 Å². The van der Waals surface area contributed by atoms with E-state index < -0.39 is 0 Å². The Balaban J connectivity index is 2.16. The maximum absolute atomic E-state index is 6.13. The average Bonchev–Trinajstić information content (AvgIpc) is 2.27. The molecule has 2 rings (SSSR count). The van der Waals surface area contributed by atoms with Crippen molar-refractivity contribution in [3.05, 3.63) is 55.1 Å².